The van der Waals surface area contributed by atoms with Crippen LogP contribution in [0.5, 0.6) is 5.75 Å². The molecule has 7 rings (SSSR count). The average Bonchev–Trinajstić information content (AvgIpc) is 3.39. The summed E-state index contributed by atoms with van der Waals surface area (Å²) in [5.41, 5.74) is -3.37. The van der Waals surface area contributed by atoms with Crippen LogP contribution in [-0.2, 0) is 28.5 Å². The zero-order valence-corrected chi connectivity index (χ0v) is 27.1. The molecule has 5 saturated carbocycles. The topological polar surface area (TPSA) is 133 Å². The number of piperidine rings is 1. The molecule has 2 N–H and O–H groups in total. The molecule has 5 aliphatic carbocycles. The van der Waals surface area contributed by atoms with E-state index in [4.69, 9.17) is 28.4 Å². The maximum Gasteiger partial charge on any atom is 0.338 e. The molecule has 1 aliphatic heterocycles. The van der Waals surface area contributed by atoms with Crippen LogP contribution in [0.1, 0.15) is 49.9 Å². The molecule has 248 valence electrons. The molecule has 1 unspecified atom stereocenters. The number of hydrogen-bond donors (Lipinski definition) is 2. The lowest BCUT2D eigenvalue weighted by molar-refractivity contribution is -0.277. The molecule has 1 aromatic carbocycles. The molecule has 0 radical (unpaired) electrons. The van der Waals surface area contributed by atoms with Crippen LogP contribution in [0.4, 0.5) is 0 Å². The first-order chi connectivity index (χ1) is 21.5. The predicted octanol–water partition coefficient (Wildman–Crippen LogP) is 2.06. The standard InChI is InChI=1S/C34H47NO10/c1-7-35-16-31(17-40-3)22(37)12-13-32-21-14-33(39)23(42-5)15-34(45-18(2)36,25(28(32)35)26(43-6)27(31)32)24(21)29(33)44-30(38)19-8-10-20(41-4)11-9-19/h8-11,21-29,37,39H,7,12-17H2,1-6H3/t21-,22?,23+,24-,25+,26+,27-,28-,29-,31+,32-,33-,34-/m1/s1. The first-order valence-corrected chi connectivity index (χ1v) is 16.3. The van der Waals surface area contributed by atoms with Gasteiger partial charge in [0.1, 0.15) is 23.1 Å². The maximum absolute atomic E-state index is 13.8. The second-order valence-corrected chi connectivity index (χ2v) is 14.4. The number of methoxy groups -OCH3 is 4. The summed E-state index contributed by atoms with van der Waals surface area (Å²) in [5.74, 6) is -1.55. The van der Waals surface area contributed by atoms with Gasteiger partial charge in [0.15, 0.2) is 0 Å². The fourth-order valence-corrected chi connectivity index (χ4v) is 12.1. The van der Waals surface area contributed by atoms with Gasteiger partial charge in [-0.1, -0.05) is 6.92 Å². The van der Waals surface area contributed by atoms with E-state index in [9.17, 15) is 19.8 Å². The van der Waals surface area contributed by atoms with Gasteiger partial charge in [-0.2, -0.15) is 0 Å². The number of carbonyl (C=O) groups is 2. The molecule has 13 atom stereocenters. The first-order valence-electron chi connectivity index (χ1n) is 16.3. The Kier molecular flexibility index (Phi) is 7.39. The smallest absolute Gasteiger partial charge is 0.338 e. The quantitative estimate of drug-likeness (QED) is 0.389. The van der Waals surface area contributed by atoms with Gasteiger partial charge in [-0.25, -0.2) is 4.79 Å². The van der Waals surface area contributed by atoms with Gasteiger partial charge < -0.3 is 38.6 Å². The number of fused-ring (bicyclic) bond motifs is 2. The number of rotatable bonds is 9. The highest BCUT2D eigenvalue weighted by Crippen LogP contribution is 2.80. The Morgan fingerprint density at radius 3 is 2.38 bits per heavy atom. The summed E-state index contributed by atoms with van der Waals surface area (Å²) < 4.78 is 36.7. The van der Waals surface area contributed by atoms with Crippen molar-refractivity contribution in [3.8, 4) is 5.75 Å². The fraction of sp³-hybridized carbons (Fsp3) is 0.765. The van der Waals surface area contributed by atoms with Crippen molar-refractivity contribution >= 4 is 11.9 Å². The zero-order chi connectivity index (χ0) is 32.1. The van der Waals surface area contributed by atoms with Gasteiger partial charge in [0.25, 0.3) is 0 Å². The van der Waals surface area contributed by atoms with Crippen LogP contribution >= 0.6 is 0 Å². The van der Waals surface area contributed by atoms with Gasteiger partial charge in [-0.15, -0.1) is 0 Å². The molecular formula is C34H47NO10. The summed E-state index contributed by atoms with van der Waals surface area (Å²) in [6, 6.07) is 6.63. The van der Waals surface area contributed by atoms with E-state index in [0.29, 0.717) is 43.7 Å². The third-order valence-electron chi connectivity index (χ3n) is 13.1. The largest absolute Gasteiger partial charge is 0.497 e. The highest BCUT2D eigenvalue weighted by atomic mass is 16.6. The minimum absolute atomic E-state index is 0.0357. The van der Waals surface area contributed by atoms with Crippen molar-refractivity contribution < 1.29 is 48.2 Å². The predicted molar refractivity (Wildman–Crippen MR) is 159 cm³/mol. The lowest BCUT2D eigenvalue weighted by Gasteiger charge is -2.68. The lowest BCUT2D eigenvalue weighted by atomic mass is 9.43. The van der Waals surface area contributed by atoms with E-state index < -0.39 is 58.2 Å². The number of likely N-dealkylation sites (tertiary alicyclic amines) is 1. The second-order valence-electron chi connectivity index (χ2n) is 14.4. The van der Waals surface area contributed by atoms with Crippen molar-refractivity contribution in [2.24, 2.45) is 34.5 Å². The molecule has 1 spiro atoms. The second kappa shape index (κ2) is 10.6. The molecule has 0 amide bonds. The molecule has 11 nitrogen and oxygen atoms in total. The van der Waals surface area contributed by atoms with E-state index in [0.717, 1.165) is 6.54 Å². The Hall–Kier alpha value is -2.28. The Morgan fingerprint density at radius 2 is 1.78 bits per heavy atom. The van der Waals surface area contributed by atoms with Gasteiger partial charge >= 0.3 is 11.9 Å². The maximum atomic E-state index is 13.8. The summed E-state index contributed by atoms with van der Waals surface area (Å²) in [5, 5.41) is 24.5. The number of ether oxygens (including phenoxy) is 6. The third kappa shape index (κ3) is 3.79. The third-order valence-corrected chi connectivity index (χ3v) is 13.1. The summed E-state index contributed by atoms with van der Waals surface area (Å²) in [7, 11) is 6.50. The van der Waals surface area contributed by atoms with Crippen molar-refractivity contribution in [1.82, 2.24) is 4.90 Å². The zero-order valence-electron chi connectivity index (χ0n) is 27.1. The minimum Gasteiger partial charge on any atom is -0.497 e. The average molecular weight is 630 g/mol. The Balaban J connectivity index is 1.43. The molecule has 11 heteroatoms. The monoisotopic (exact) mass is 629 g/mol. The molecule has 6 fully saturated rings. The van der Waals surface area contributed by atoms with E-state index in [1.807, 2.05) is 0 Å². The summed E-state index contributed by atoms with van der Waals surface area (Å²) >= 11 is 0. The molecule has 7 bridgehead atoms. The molecule has 1 saturated heterocycles. The Labute approximate surface area is 264 Å². The van der Waals surface area contributed by atoms with Crippen LogP contribution in [0.25, 0.3) is 0 Å². The molecule has 1 heterocycles. The van der Waals surface area contributed by atoms with Crippen LogP contribution in [0.15, 0.2) is 24.3 Å². The molecule has 0 aromatic heterocycles. The van der Waals surface area contributed by atoms with Crippen LogP contribution in [0.3, 0.4) is 0 Å². The van der Waals surface area contributed by atoms with Gasteiger partial charge in [-0.3, -0.25) is 9.69 Å². The highest BCUT2D eigenvalue weighted by Gasteiger charge is 2.88. The number of hydrogen-bond acceptors (Lipinski definition) is 11. The van der Waals surface area contributed by atoms with Crippen LogP contribution in [-0.4, -0.2) is 117 Å². The molecule has 45 heavy (non-hydrogen) atoms. The number of carbonyl (C=O) groups excluding carboxylic acids is 2. The van der Waals surface area contributed by atoms with E-state index in [1.54, 1.807) is 52.7 Å². The molecule has 1 aromatic rings. The SMILES string of the molecule is CCN1C[C@]2(COC)C(O)CC[C@@]34[C@@H]5C[C@@]6(O)[C@@H](OC)C[C@@](OC(C)=O)([C@H]5[C@H]6OC(=O)c5ccc(OC)cc5)[C@@H]([C@H](OC)[C@H]23)[C@@H]14. The van der Waals surface area contributed by atoms with E-state index in [2.05, 4.69) is 11.8 Å². The van der Waals surface area contributed by atoms with Gasteiger partial charge in [0, 0.05) is 70.4 Å². The van der Waals surface area contributed by atoms with Gasteiger partial charge in [0.05, 0.1) is 37.6 Å². The minimum atomic E-state index is -1.51. The molecule has 6 aliphatic rings. The Bertz CT molecular complexity index is 1340. The van der Waals surface area contributed by atoms with Crippen molar-refractivity contribution in [2.75, 3.05) is 48.1 Å². The number of benzene rings is 1. The number of nitrogens with zero attached hydrogens (tertiary/aromatic N) is 1. The number of aliphatic hydroxyl groups is 2. The number of aliphatic hydroxyl groups excluding tert-OH is 1. The lowest BCUT2D eigenvalue weighted by Crippen LogP contribution is -2.76. The van der Waals surface area contributed by atoms with Gasteiger partial charge in [0.2, 0.25) is 0 Å². The summed E-state index contributed by atoms with van der Waals surface area (Å²) in [6.07, 6.45) is -0.873. The van der Waals surface area contributed by atoms with Gasteiger partial charge in [-0.05, 0) is 61.4 Å². The highest BCUT2D eigenvalue weighted by molar-refractivity contribution is 5.89. The van der Waals surface area contributed by atoms with Crippen molar-refractivity contribution in [3.05, 3.63) is 29.8 Å². The summed E-state index contributed by atoms with van der Waals surface area (Å²) in [4.78, 5) is 29.4. The fourth-order valence-electron chi connectivity index (χ4n) is 12.1. The van der Waals surface area contributed by atoms with Crippen molar-refractivity contribution in [1.29, 1.82) is 0 Å². The first kappa shape index (κ1) is 31.3. The van der Waals surface area contributed by atoms with Crippen molar-refractivity contribution in [2.45, 2.75) is 81.2 Å². The Morgan fingerprint density at radius 1 is 1.04 bits per heavy atom. The summed E-state index contributed by atoms with van der Waals surface area (Å²) in [6.45, 7) is 5.26. The van der Waals surface area contributed by atoms with Crippen LogP contribution in [0, 0.1) is 34.5 Å². The van der Waals surface area contributed by atoms with E-state index in [-0.39, 0.29) is 36.3 Å². The van der Waals surface area contributed by atoms with E-state index >= 15 is 0 Å². The van der Waals surface area contributed by atoms with Crippen molar-refractivity contribution in [3.63, 3.8) is 0 Å². The van der Waals surface area contributed by atoms with Crippen LogP contribution < -0.4 is 4.74 Å². The molecular weight excluding hydrogens is 582 g/mol. The number of esters is 2. The van der Waals surface area contributed by atoms with Crippen LogP contribution in [0.2, 0.25) is 0 Å². The van der Waals surface area contributed by atoms with E-state index in [1.165, 1.54) is 6.92 Å². The normalized spacial score (nSPS) is 47.3.